The van der Waals surface area contributed by atoms with Gasteiger partial charge in [0.2, 0.25) is 0 Å². The molecule has 1 aliphatic heterocycles. The molecule has 0 saturated heterocycles. The van der Waals surface area contributed by atoms with Crippen LogP contribution in [0.1, 0.15) is 42.2 Å². The van der Waals surface area contributed by atoms with E-state index >= 15 is 0 Å². The van der Waals surface area contributed by atoms with Crippen LogP contribution in [0.2, 0.25) is 5.02 Å². The average Bonchev–Trinajstić information content (AvgIpc) is 3.22. The summed E-state index contributed by atoms with van der Waals surface area (Å²) in [5.74, 6) is 0.976. The predicted octanol–water partition coefficient (Wildman–Crippen LogP) is 6.67. The first-order valence-corrected chi connectivity index (χ1v) is 11.2. The Balaban J connectivity index is 1.81. The van der Waals surface area contributed by atoms with E-state index in [0.717, 1.165) is 70.3 Å². The summed E-state index contributed by atoms with van der Waals surface area (Å²) in [6.07, 6.45) is 5.77. The first kappa shape index (κ1) is 20.0. The van der Waals surface area contributed by atoms with Crippen LogP contribution in [0.15, 0.2) is 54.7 Å². The molecule has 0 N–H and O–H groups in total. The molecule has 0 fully saturated rings. The maximum atomic E-state index is 13.2. The van der Waals surface area contributed by atoms with E-state index in [-0.39, 0.29) is 5.78 Å². The number of benzene rings is 2. The number of imidazole rings is 1. The van der Waals surface area contributed by atoms with Crippen LogP contribution in [0.4, 0.5) is 0 Å². The third-order valence-corrected chi connectivity index (χ3v) is 6.49. The van der Waals surface area contributed by atoms with Crippen LogP contribution in [-0.2, 0) is 13.0 Å². The monoisotopic (exact) mass is 432 g/mol. The quantitative estimate of drug-likeness (QED) is 0.330. The average molecular weight is 433 g/mol. The zero-order valence-corrected chi connectivity index (χ0v) is 18.6. The maximum Gasteiger partial charge on any atom is 0.179 e. The zero-order chi connectivity index (χ0) is 21.5. The standard InChI is InChI=1S/C26H25ClN2O2/c1-3-23(30)25-24(18-9-13-20(31-2)14-10-18)21-6-4-5-15-28-22(16-29(25)26(21)28)17-7-11-19(27)12-8-17/h7-14,16H,3-6,15H2,1-2H3. The van der Waals surface area contributed by atoms with Gasteiger partial charge < -0.3 is 9.30 Å². The van der Waals surface area contributed by atoms with Crippen molar-refractivity contribution in [2.75, 3.05) is 7.11 Å². The molecular formula is C26H25ClN2O2. The molecule has 5 rings (SSSR count). The summed E-state index contributed by atoms with van der Waals surface area (Å²) in [6, 6.07) is 16.0. The molecule has 2 aromatic carbocycles. The molecule has 0 spiro atoms. The van der Waals surface area contributed by atoms with Gasteiger partial charge in [0.05, 0.1) is 18.5 Å². The number of aromatic nitrogens is 2. The molecule has 0 radical (unpaired) electrons. The summed E-state index contributed by atoms with van der Waals surface area (Å²) in [6.45, 7) is 2.87. The van der Waals surface area contributed by atoms with Gasteiger partial charge in [-0.25, -0.2) is 0 Å². The second-order valence-corrected chi connectivity index (χ2v) is 8.47. The zero-order valence-electron chi connectivity index (χ0n) is 17.8. The van der Waals surface area contributed by atoms with Crippen molar-refractivity contribution in [3.05, 3.63) is 71.0 Å². The number of Topliss-reactive ketones (excluding diaryl/α,β-unsaturated/α-hetero) is 1. The number of methoxy groups -OCH3 is 1. The number of halogens is 1. The Kier molecular flexibility index (Phi) is 5.11. The molecule has 31 heavy (non-hydrogen) atoms. The van der Waals surface area contributed by atoms with Crippen LogP contribution in [-0.4, -0.2) is 21.9 Å². The molecule has 1 aliphatic rings. The number of carbonyl (C=O) groups excluding carboxylic acids is 1. The van der Waals surface area contributed by atoms with E-state index in [2.05, 4.69) is 39.4 Å². The molecule has 0 atom stereocenters. The maximum absolute atomic E-state index is 13.2. The van der Waals surface area contributed by atoms with Crippen molar-refractivity contribution in [1.29, 1.82) is 0 Å². The van der Waals surface area contributed by atoms with E-state index in [1.165, 1.54) is 5.56 Å². The number of carbonyl (C=O) groups is 1. The van der Waals surface area contributed by atoms with Crippen molar-refractivity contribution < 1.29 is 9.53 Å². The fourth-order valence-corrected chi connectivity index (χ4v) is 4.87. The van der Waals surface area contributed by atoms with Gasteiger partial charge in [-0.2, -0.15) is 0 Å². The van der Waals surface area contributed by atoms with Crippen LogP contribution >= 0.6 is 11.6 Å². The normalized spacial score (nSPS) is 13.4. The van der Waals surface area contributed by atoms with Gasteiger partial charge in [-0.05, 0) is 54.7 Å². The van der Waals surface area contributed by atoms with Crippen LogP contribution in [0, 0.1) is 0 Å². The Labute approximate surface area is 187 Å². The number of ether oxygens (including phenoxy) is 1. The minimum Gasteiger partial charge on any atom is -0.497 e. The molecule has 4 nitrogen and oxygen atoms in total. The second kappa shape index (κ2) is 7.93. The van der Waals surface area contributed by atoms with Gasteiger partial charge in [0.15, 0.2) is 5.78 Å². The molecule has 0 unspecified atom stereocenters. The molecule has 2 aromatic heterocycles. The third kappa shape index (κ3) is 3.26. The van der Waals surface area contributed by atoms with E-state index in [4.69, 9.17) is 16.3 Å². The highest BCUT2D eigenvalue weighted by atomic mass is 35.5. The van der Waals surface area contributed by atoms with Crippen molar-refractivity contribution >= 4 is 23.0 Å². The van der Waals surface area contributed by atoms with Crippen LogP contribution in [0.25, 0.3) is 28.0 Å². The smallest absolute Gasteiger partial charge is 0.179 e. The van der Waals surface area contributed by atoms with Crippen molar-refractivity contribution in [3.63, 3.8) is 0 Å². The number of nitrogens with zero attached hydrogens (tertiary/aromatic N) is 2. The highest BCUT2D eigenvalue weighted by Gasteiger charge is 2.28. The van der Waals surface area contributed by atoms with E-state index in [0.29, 0.717) is 6.42 Å². The van der Waals surface area contributed by atoms with E-state index in [1.54, 1.807) is 7.11 Å². The molecular weight excluding hydrogens is 408 g/mol. The lowest BCUT2D eigenvalue weighted by atomic mass is 9.96. The first-order chi connectivity index (χ1) is 15.1. The summed E-state index contributed by atoms with van der Waals surface area (Å²) in [5, 5.41) is 0.724. The molecule has 0 saturated carbocycles. The largest absolute Gasteiger partial charge is 0.497 e. The van der Waals surface area contributed by atoms with E-state index in [9.17, 15) is 4.79 Å². The lowest BCUT2D eigenvalue weighted by molar-refractivity contribution is 0.0983. The van der Waals surface area contributed by atoms with Crippen LogP contribution < -0.4 is 4.74 Å². The molecule has 3 heterocycles. The van der Waals surface area contributed by atoms with Gasteiger partial charge in [-0.3, -0.25) is 9.20 Å². The highest BCUT2D eigenvalue weighted by molar-refractivity contribution is 6.30. The summed E-state index contributed by atoms with van der Waals surface area (Å²) >= 11 is 6.12. The van der Waals surface area contributed by atoms with Gasteiger partial charge in [0, 0.05) is 35.3 Å². The first-order valence-electron chi connectivity index (χ1n) is 10.8. The van der Waals surface area contributed by atoms with E-state index in [1.807, 2.05) is 31.2 Å². The topological polar surface area (TPSA) is 35.6 Å². The molecule has 0 aliphatic carbocycles. The highest BCUT2D eigenvalue weighted by Crippen LogP contribution is 2.40. The number of aryl methyl sites for hydroxylation is 2. The minimum atomic E-state index is 0.160. The number of ketones is 1. The Morgan fingerprint density at radius 3 is 2.42 bits per heavy atom. The molecule has 5 heteroatoms. The van der Waals surface area contributed by atoms with Crippen molar-refractivity contribution in [2.45, 2.75) is 39.2 Å². The molecule has 0 bridgehead atoms. The van der Waals surface area contributed by atoms with Gasteiger partial charge in [-0.15, -0.1) is 0 Å². The third-order valence-electron chi connectivity index (χ3n) is 6.24. The Morgan fingerprint density at radius 1 is 1.03 bits per heavy atom. The second-order valence-electron chi connectivity index (χ2n) is 8.03. The molecule has 4 aromatic rings. The number of hydrogen-bond donors (Lipinski definition) is 0. The lowest BCUT2D eigenvalue weighted by Crippen LogP contribution is -2.03. The Morgan fingerprint density at radius 2 is 1.74 bits per heavy atom. The van der Waals surface area contributed by atoms with Gasteiger partial charge in [0.1, 0.15) is 11.4 Å². The SMILES string of the molecule is CCC(=O)c1c(-c2ccc(OC)cc2)c2c3n(c(-c4ccc(Cl)cc4)cn13)CCCC2. The Hall–Kier alpha value is -2.98. The van der Waals surface area contributed by atoms with Crippen molar-refractivity contribution in [2.24, 2.45) is 0 Å². The fraction of sp³-hybridized carbons (Fsp3) is 0.269. The molecule has 158 valence electrons. The summed E-state index contributed by atoms with van der Waals surface area (Å²) in [7, 11) is 1.67. The van der Waals surface area contributed by atoms with E-state index < -0.39 is 0 Å². The minimum absolute atomic E-state index is 0.160. The fourth-order valence-electron chi connectivity index (χ4n) is 4.75. The predicted molar refractivity (Wildman–Crippen MR) is 125 cm³/mol. The number of rotatable bonds is 5. The lowest BCUT2D eigenvalue weighted by Gasteiger charge is -2.09. The van der Waals surface area contributed by atoms with Crippen LogP contribution in [0.3, 0.4) is 0 Å². The Bertz CT molecular complexity index is 1260. The number of hydrogen-bond acceptors (Lipinski definition) is 2. The summed E-state index contributed by atoms with van der Waals surface area (Å²) in [4.78, 5) is 13.2. The van der Waals surface area contributed by atoms with Gasteiger partial charge in [-0.1, -0.05) is 42.8 Å². The van der Waals surface area contributed by atoms with Crippen LogP contribution in [0.5, 0.6) is 5.75 Å². The van der Waals surface area contributed by atoms with Crippen molar-refractivity contribution in [1.82, 2.24) is 8.97 Å². The molecule has 0 amide bonds. The summed E-state index contributed by atoms with van der Waals surface area (Å²) < 4.78 is 9.86. The van der Waals surface area contributed by atoms with Crippen molar-refractivity contribution in [3.8, 4) is 28.1 Å². The van der Waals surface area contributed by atoms with Gasteiger partial charge in [0.25, 0.3) is 0 Å². The summed E-state index contributed by atoms with van der Waals surface area (Å²) in [5.41, 5.74) is 7.57. The van der Waals surface area contributed by atoms with Gasteiger partial charge >= 0.3 is 0 Å².